The Kier molecular flexibility index (Phi) is 3.94. The molecule has 8 nitrogen and oxygen atoms in total. The number of hydrogen-bond donors (Lipinski definition) is 1. The molecular weight excluding hydrogens is 424 g/mol. The fourth-order valence-corrected chi connectivity index (χ4v) is 6.81. The first-order valence-corrected chi connectivity index (χ1v) is 11.2. The number of cyclic esters (lactones) is 1. The summed E-state index contributed by atoms with van der Waals surface area (Å²) in [7, 11) is 0. The zero-order valence-electron chi connectivity index (χ0n) is 15.6. The van der Waals surface area contributed by atoms with E-state index in [4.69, 9.17) is 9.47 Å². The number of carbonyl (C=O) groups excluding carboxylic acids is 2. The van der Waals surface area contributed by atoms with Gasteiger partial charge in [-0.25, -0.2) is 9.59 Å². The van der Waals surface area contributed by atoms with Gasteiger partial charge >= 0.3 is 11.9 Å². The van der Waals surface area contributed by atoms with E-state index in [0.29, 0.717) is 11.4 Å². The van der Waals surface area contributed by atoms with Crippen molar-refractivity contribution < 1.29 is 19.1 Å². The number of hydrogen-bond acceptors (Lipinski definition) is 10. The van der Waals surface area contributed by atoms with Crippen molar-refractivity contribution in [2.45, 2.75) is 22.8 Å². The van der Waals surface area contributed by atoms with Crippen LogP contribution >= 0.6 is 23.1 Å². The van der Waals surface area contributed by atoms with E-state index in [2.05, 4.69) is 15.6 Å². The van der Waals surface area contributed by atoms with E-state index in [0.717, 1.165) is 10.6 Å². The lowest BCUT2D eigenvalue weighted by molar-refractivity contribution is -0.137. The highest BCUT2D eigenvalue weighted by Crippen LogP contribution is 2.57. The number of thiophene rings is 1. The molecule has 0 radical (unpaired) electrons. The number of para-hydroxylation sites is 1. The van der Waals surface area contributed by atoms with Crippen LogP contribution in [0.2, 0.25) is 0 Å². The lowest BCUT2D eigenvalue weighted by Crippen LogP contribution is -2.50. The molecule has 0 bridgehead atoms. The Morgan fingerprint density at radius 3 is 2.97 bits per heavy atom. The molecule has 0 unspecified atom stereocenters. The van der Waals surface area contributed by atoms with Crippen LogP contribution in [-0.4, -0.2) is 46.1 Å². The van der Waals surface area contributed by atoms with Crippen LogP contribution < -0.4 is 10.4 Å². The monoisotopic (exact) mass is 440 g/mol. The second-order valence-electron chi connectivity index (χ2n) is 7.39. The summed E-state index contributed by atoms with van der Waals surface area (Å²) in [5, 5.41) is 12.6. The van der Waals surface area contributed by atoms with Crippen LogP contribution in [0.3, 0.4) is 0 Å². The van der Waals surface area contributed by atoms with Gasteiger partial charge in [0.2, 0.25) is 0 Å². The van der Waals surface area contributed by atoms with Crippen molar-refractivity contribution in [2.75, 3.05) is 11.6 Å². The highest BCUT2D eigenvalue weighted by Gasteiger charge is 2.71. The van der Waals surface area contributed by atoms with E-state index in [1.807, 2.05) is 52.9 Å². The van der Waals surface area contributed by atoms with Crippen LogP contribution in [0, 0.1) is 5.92 Å². The highest BCUT2D eigenvalue weighted by atomic mass is 32.2. The van der Waals surface area contributed by atoms with Crippen LogP contribution in [0.25, 0.3) is 0 Å². The van der Waals surface area contributed by atoms with Crippen molar-refractivity contribution in [1.82, 2.24) is 5.43 Å². The maximum atomic E-state index is 12.9. The van der Waals surface area contributed by atoms with E-state index in [9.17, 15) is 9.59 Å². The number of thioether (sulfide) groups is 1. The maximum absolute atomic E-state index is 12.9. The fourth-order valence-electron chi connectivity index (χ4n) is 4.46. The van der Waals surface area contributed by atoms with Gasteiger partial charge in [-0.15, -0.1) is 23.1 Å². The first-order valence-electron chi connectivity index (χ1n) is 9.48. The van der Waals surface area contributed by atoms with Gasteiger partial charge in [-0.2, -0.15) is 10.2 Å². The molecule has 10 heteroatoms. The van der Waals surface area contributed by atoms with E-state index >= 15 is 0 Å². The number of hydrazone groups is 2. The summed E-state index contributed by atoms with van der Waals surface area (Å²) < 4.78 is 10.3. The molecule has 30 heavy (non-hydrogen) atoms. The summed E-state index contributed by atoms with van der Waals surface area (Å²) in [6, 6.07) is 13.2. The summed E-state index contributed by atoms with van der Waals surface area (Å²) >= 11 is 3.09. The number of anilines is 1. The SMILES string of the molecule is O=C(OCc1cccs1)C1=NN[C@H]2S[C@]34COC(=O)C3=NN(c3ccccc3)[C@@H]4[C@@H]12. The van der Waals surface area contributed by atoms with Crippen molar-refractivity contribution >= 4 is 52.1 Å². The van der Waals surface area contributed by atoms with Crippen molar-refractivity contribution in [3.8, 4) is 0 Å². The number of carbonyl (C=O) groups is 2. The summed E-state index contributed by atoms with van der Waals surface area (Å²) in [6.07, 6.45) is 0. The number of nitrogens with one attached hydrogen (secondary N) is 1. The first kappa shape index (κ1) is 18.0. The molecule has 2 aromatic rings. The summed E-state index contributed by atoms with van der Waals surface area (Å²) in [6.45, 7) is 0.442. The van der Waals surface area contributed by atoms with Gasteiger partial charge in [-0.1, -0.05) is 24.3 Å². The molecule has 4 atom stereocenters. The van der Waals surface area contributed by atoms with E-state index in [1.54, 1.807) is 11.8 Å². The number of benzene rings is 1. The standard InChI is InChI=1S/C20H16N4O4S2/c25-18(27-9-12-7-4-8-29-12)14-13-16-20(30-17(13)22-21-14)10-28-19(26)15(20)23-24(16)11-5-2-1-3-6-11/h1-8,13,16-17,22H,9-10H2/t13-,16-,17+,20-/m1/s1. The Morgan fingerprint density at radius 2 is 2.17 bits per heavy atom. The molecule has 0 aliphatic carbocycles. The molecule has 4 aliphatic heterocycles. The van der Waals surface area contributed by atoms with Gasteiger partial charge in [0.05, 0.1) is 17.6 Å². The summed E-state index contributed by atoms with van der Waals surface area (Å²) in [5.74, 6) is -1.14. The number of fused-ring (bicyclic) bond motifs is 2. The van der Waals surface area contributed by atoms with E-state index < -0.39 is 16.7 Å². The molecule has 1 spiro atoms. The molecule has 6 rings (SSSR count). The van der Waals surface area contributed by atoms with Crippen molar-refractivity contribution in [3.05, 3.63) is 52.7 Å². The molecule has 2 saturated heterocycles. The topological polar surface area (TPSA) is 92.6 Å². The Bertz CT molecular complexity index is 1090. The van der Waals surface area contributed by atoms with Crippen LogP contribution in [0.4, 0.5) is 5.69 Å². The minimum atomic E-state index is -0.634. The predicted octanol–water partition coefficient (Wildman–Crippen LogP) is 1.98. The molecule has 0 saturated carbocycles. The van der Waals surface area contributed by atoms with Gasteiger partial charge in [-0.3, -0.25) is 10.4 Å². The third-order valence-electron chi connectivity index (χ3n) is 5.75. The number of esters is 2. The molecule has 4 aliphatic rings. The van der Waals surface area contributed by atoms with Gasteiger partial charge in [0.1, 0.15) is 23.3 Å². The average Bonchev–Trinajstić information content (AvgIpc) is 3.54. The number of ether oxygens (including phenoxy) is 2. The van der Waals surface area contributed by atoms with Crippen molar-refractivity contribution in [3.63, 3.8) is 0 Å². The van der Waals surface area contributed by atoms with Gasteiger partial charge in [0.15, 0.2) is 11.4 Å². The van der Waals surface area contributed by atoms with Crippen LogP contribution in [0.1, 0.15) is 4.88 Å². The lowest BCUT2D eigenvalue weighted by atomic mass is 9.84. The minimum Gasteiger partial charge on any atom is -0.459 e. The Labute approximate surface area is 179 Å². The van der Waals surface area contributed by atoms with Crippen molar-refractivity contribution in [2.24, 2.45) is 16.1 Å². The summed E-state index contributed by atoms with van der Waals surface area (Å²) in [4.78, 5) is 26.3. The Morgan fingerprint density at radius 1 is 1.30 bits per heavy atom. The molecule has 1 N–H and O–H groups in total. The first-order chi connectivity index (χ1) is 14.7. The largest absolute Gasteiger partial charge is 0.459 e. The molecule has 152 valence electrons. The zero-order chi connectivity index (χ0) is 20.3. The van der Waals surface area contributed by atoms with E-state index in [1.165, 1.54) is 11.3 Å². The van der Waals surface area contributed by atoms with Crippen LogP contribution in [0.5, 0.6) is 0 Å². The Hall–Kier alpha value is -2.85. The minimum absolute atomic E-state index is 0.162. The highest BCUT2D eigenvalue weighted by molar-refractivity contribution is 8.02. The van der Waals surface area contributed by atoms with Gasteiger partial charge in [0.25, 0.3) is 0 Å². The van der Waals surface area contributed by atoms with Crippen molar-refractivity contribution in [1.29, 1.82) is 0 Å². The van der Waals surface area contributed by atoms with Gasteiger partial charge in [-0.05, 0) is 23.6 Å². The molecule has 2 fully saturated rings. The second kappa shape index (κ2) is 6.58. The number of rotatable bonds is 4. The van der Waals surface area contributed by atoms with Crippen LogP contribution in [-0.2, 0) is 25.7 Å². The third-order valence-corrected chi connectivity index (χ3v) is 8.22. The molecule has 0 amide bonds. The maximum Gasteiger partial charge on any atom is 0.356 e. The average molecular weight is 441 g/mol. The lowest BCUT2D eigenvalue weighted by Gasteiger charge is -2.31. The summed E-state index contributed by atoms with van der Waals surface area (Å²) in [5.41, 5.74) is 4.67. The smallest absolute Gasteiger partial charge is 0.356 e. The predicted molar refractivity (Wildman–Crippen MR) is 113 cm³/mol. The Balaban J connectivity index is 1.34. The fraction of sp³-hybridized carbons (Fsp3) is 0.300. The van der Waals surface area contributed by atoms with Gasteiger partial charge in [0, 0.05) is 4.88 Å². The third kappa shape index (κ3) is 2.46. The molecule has 5 heterocycles. The van der Waals surface area contributed by atoms with E-state index in [-0.39, 0.29) is 30.5 Å². The van der Waals surface area contributed by atoms with Gasteiger partial charge < -0.3 is 9.47 Å². The second-order valence-corrected chi connectivity index (χ2v) is 9.89. The quantitative estimate of drug-likeness (QED) is 0.727. The normalized spacial score (nSPS) is 30.7. The molecule has 1 aromatic heterocycles. The zero-order valence-corrected chi connectivity index (χ0v) is 17.2. The molecular formula is C20H16N4O4S2. The van der Waals surface area contributed by atoms with Crippen LogP contribution in [0.15, 0.2) is 58.0 Å². The number of nitrogens with zero attached hydrogens (tertiary/aromatic N) is 3. The molecule has 1 aromatic carbocycles.